The lowest BCUT2D eigenvalue weighted by molar-refractivity contribution is 0.0939. The van der Waals surface area contributed by atoms with Crippen LogP contribution in [0.4, 0.5) is 0 Å². The van der Waals surface area contributed by atoms with E-state index in [4.69, 9.17) is 5.73 Å². The van der Waals surface area contributed by atoms with Crippen LogP contribution in [-0.4, -0.2) is 25.2 Å². The highest BCUT2D eigenvalue weighted by molar-refractivity contribution is 7.89. The van der Waals surface area contributed by atoms with E-state index in [1.807, 2.05) is 10.3 Å². The van der Waals surface area contributed by atoms with Crippen LogP contribution in [0.3, 0.4) is 0 Å². The number of nitrogens with one attached hydrogen (secondary N) is 2. The number of nitrogens with two attached hydrogens (primary N) is 1. The first-order valence-electron chi connectivity index (χ1n) is 6.03. The van der Waals surface area contributed by atoms with Crippen LogP contribution in [-0.2, 0) is 10.0 Å². The molecule has 0 atom stereocenters. The van der Waals surface area contributed by atoms with Crippen molar-refractivity contribution in [2.75, 3.05) is 0 Å². The van der Waals surface area contributed by atoms with Gasteiger partial charge in [-0.25, -0.2) is 8.42 Å². The average molecular weight is 320 g/mol. The minimum atomic E-state index is -3.97. The summed E-state index contributed by atoms with van der Waals surface area (Å²) in [7, 11) is -3.97. The van der Waals surface area contributed by atoms with Crippen LogP contribution >= 0.6 is 0 Å². The van der Waals surface area contributed by atoms with Crippen LogP contribution in [0.5, 0.6) is 0 Å². The highest BCUT2D eigenvalue weighted by atomic mass is 32.2. The van der Waals surface area contributed by atoms with Gasteiger partial charge in [0.15, 0.2) is 0 Å². The number of primary amides is 1. The molecule has 0 spiro atoms. The number of benzene rings is 1. The zero-order valence-corrected chi connectivity index (χ0v) is 12.0. The minimum absolute atomic E-state index is 0.0641. The van der Waals surface area contributed by atoms with E-state index in [0.29, 0.717) is 0 Å². The fourth-order valence-electron chi connectivity index (χ4n) is 1.53. The molecule has 0 saturated carbocycles. The van der Waals surface area contributed by atoms with E-state index in [-0.39, 0.29) is 16.2 Å². The Kier molecular flexibility index (Phi) is 4.49. The fraction of sp³-hybridized carbons (Fsp3) is 0. The van der Waals surface area contributed by atoms with Crippen molar-refractivity contribution >= 4 is 21.8 Å². The predicted molar refractivity (Wildman–Crippen MR) is 77.0 cm³/mol. The number of nitrogens with zero attached hydrogens (tertiary/aromatic N) is 1. The lowest BCUT2D eigenvalue weighted by atomic mass is 10.2. The smallest absolute Gasteiger partial charge is 0.284 e. The van der Waals surface area contributed by atoms with Gasteiger partial charge in [0.1, 0.15) is 5.69 Å². The summed E-state index contributed by atoms with van der Waals surface area (Å²) in [6.45, 7) is 0. The Labute approximate surface area is 126 Å². The Balaban J connectivity index is 2.08. The van der Waals surface area contributed by atoms with Gasteiger partial charge in [-0.15, -0.1) is 4.83 Å². The summed E-state index contributed by atoms with van der Waals surface area (Å²) in [5, 5.41) is 0. The Morgan fingerprint density at radius 1 is 1.05 bits per heavy atom. The van der Waals surface area contributed by atoms with Gasteiger partial charge in [0.2, 0.25) is 5.91 Å². The third-order valence-electron chi connectivity index (χ3n) is 2.65. The molecule has 2 amide bonds. The maximum atomic E-state index is 12.0. The molecule has 4 N–H and O–H groups in total. The molecule has 114 valence electrons. The highest BCUT2D eigenvalue weighted by Gasteiger charge is 2.16. The molecule has 22 heavy (non-hydrogen) atoms. The lowest BCUT2D eigenvalue weighted by Gasteiger charge is -2.08. The molecular weight excluding hydrogens is 308 g/mol. The van der Waals surface area contributed by atoms with E-state index < -0.39 is 21.8 Å². The zero-order valence-electron chi connectivity index (χ0n) is 11.2. The summed E-state index contributed by atoms with van der Waals surface area (Å²) in [4.78, 5) is 28.2. The zero-order chi connectivity index (χ0) is 16.2. The molecule has 0 radical (unpaired) electrons. The van der Waals surface area contributed by atoms with E-state index in [1.54, 1.807) is 12.1 Å². The number of carbonyl (C=O) groups excluding carboxylic acids is 2. The van der Waals surface area contributed by atoms with Crippen LogP contribution in [0.25, 0.3) is 0 Å². The van der Waals surface area contributed by atoms with Gasteiger partial charge in [0.05, 0.1) is 4.90 Å². The number of aromatic nitrogens is 1. The van der Waals surface area contributed by atoms with Crippen LogP contribution in [0, 0.1) is 0 Å². The molecule has 8 nitrogen and oxygen atoms in total. The summed E-state index contributed by atoms with van der Waals surface area (Å²) in [5.41, 5.74) is 7.35. The van der Waals surface area contributed by atoms with Gasteiger partial charge in [-0.05, 0) is 36.4 Å². The number of pyridine rings is 1. The van der Waals surface area contributed by atoms with E-state index >= 15 is 0 Å². The normalized spacial score (nSPS) is 10.9. The maximum absolute atomic E-state index is 12.0. The van der Waals surface area contributed by atoms with Crippen LogP contribution in [0.1, 0.15) is 20.8 Å². The van der Waals surface area contributed by atoms with E-state index in [0.717, 1.165) is 0 Å². The largest absolute Gasteiger partial charge is 0.366 e. The fourth-order valence-corrected chi connectivity index (χ4v) is 2.37. The van der Waals surface area contributed by atoms with Crippen LogP contribution in [0.15, 0.2) is 53.6 Å². The molecule has 0 bridgehead atoms. The number of hydrogen-bond acceptors (Lipinski definition) is 5. The number of rotatable bonds is 5. The van der Waals surface area contributed by atoms with Crippen molar-refractivity contribution in [2.24, 2.45) is 5.73 Å². The second kappa shape index (κ2) is 6.33. The molecule has 1 heterocycles. The maximum Gasteiger partial charge on any atom is 0.284 e. The molecule has 0 fully saturated rings. The van der Waals surface area contributed by atoms with E-state index in [2.05, 4.69) is 4.98 Å². The van der Waals surface area contributed by atoms with Gasteiger partial charge < -0.3 is 5.73 Å². The molecule has 2 rings (SSSR count). The first kappa shape index (κ1) is 15.6. The second-order valence-electron chi connectivity index (χ2n) is 4.16. The molecule has 0 unspecified atom stereocenters. The molecule has 0 aliphatic heterocycles. The molecule has 0 aliphatic rings. The van der Waals surface area contributed by atoms with Crippen molar-refractivity contribution in [2.45, 2.75) is 4.90 Å². The third-order valence-corrected chi connectivity index (χ3v) is 3.91. The topological polar surface area (TPSA) is 131 Å². The van der Waals surface area contributed by atoms with Gasteiger partial charge in [0.25, 0.3) is 15.9 Å². The van der Waals surface area contributed by atoms with Crippen molar-refractivity contribution < 1.29 is 18.0 Å². The number of hydrazine groups is 1. The van der Waals surface area contributed by atoms with E-state index in [9.17, 15) is 18.0 Å². The first-order chi connectivity index (χ1) is 10.4. The summed E-state index contributed by atoms with van der Waals surface area (Å²) in [6.07, 6.45) is 1.41. The van der Waals surface area contributed by atoms with Crippen LogP contribution in [0.2, 0.25) is 0 Å². The number of sulfonamides is 1. The average Bonchev–Trinajstić information content (AvgIpc) is 2.53. The van der Waals surface area contributed by atoms with Gasteiger partial charge in [-0.1, -0.05) is 6.07 Å². The SMILES string of the molecule is NC(=O)c1ccc(S(=O)(=O)NNC(=O)c2ccccn2)cc1. The summed E-state index contributed by atoms with van der Waals surface area (Å²) in [6, 6.07) is 9.62. The molecule has 1 aromatic carbocycles. The summed E-state index contributed by atoms with van der Waals surface area (Å²) < 4.78 is 24.0. The number of amides is 2. The van der Waals surface area contributed by atoms with Crippen molar-refractivity contribution in [3.05, 3.63) is 59.9 Å². The molecule has 0 aliphatic carbocycles. The lowest BCUT2D eigenvalue weighted by Crippen LogP contribution is -2.41. The Morgan fingerprint density at radius 3 is 2.27 bits per heavy atom. The Morgan fingerprint density at radius 2 is 1.73 bits per heavy atom. The van der Waals surface area contributed by atoms with Gasteiger partial charge in [-0.3, -0.25) is 20.0 Å². The quantitative estimate of drug-likeness (QED) is 0.657. The van der Waals surface area contributed by atoms with Crippen LogP contribution < -0.4 is 16.0 Å². The van der Waals surface area contributed by atoms with Gasteiger partial charge in [-0.2, -0.15) is 0 Å². The molecule has 0 saturated heterocycles. The summed E-state index contributed by atoms with van der Waals surface area (Å²) in [5.74, 6) is -1.36. The molecule has 1 aromatic heterocycles. The standard InChI is InChI=1S/C13H12N4O4S/c14-12(18)9-4-6-10(7-5-9)22(20,21)17-16-13(19)11-3-1-2-8-15-11/h1-8,17H,(H2,14,18)(H,16,19). The number of carbonyl (C=O) groups is 2. The Hall–Kier alpha value is -2.78. The minimum Gasteiger partial charge on any atom is -0.366 e. The van der Waals surface area contributed by atoms with Gasteiger partial charge in [0, 0.05) is 11.8 Å². The third kappa shape index (κ3) is 3.65. The summed E-state index contributed by atoms with van der Waals surface area (Å²) >= 11 is 0. The van der Waals surface area contributed by atoms with Crippen molar-refractivity contribution in [3.8, 4) is 0 Å². The Bertz CT molecular complexity index is 789. The van der Waals surface area contributed by atoms with E-state index in [1.165, 1.54) is 36.5 Å². The molecule has 9 heteroatoms. The molecule has 2 aromatic rings. The van der Waals surface area contributed by atoms with Crippen molar-refractivity contribution in [1.82, 2.24) is 15.2 Å². The first-order valence-corrected chi connectivity index (χ1v) is 7.51. The monoisotopic (exact) mass is 320 g/mol. The van der Waals surface area contributed by atoms with Crippen molar-refractivity contribution in [3.63, 3.8) is 0 Å². The second-order valence-corrected chi connectivity index (χ2v) is 5.85. The van der Waals surface area contributed by atoms with Crippen molar-refractivity contribution in [1.29, 1.82) is 0 Å². The predicted octanol–water partition coefficient (Wildman–Crippen LogP) is -0.196. The number of hydrogen-bond donors (Lipinski definition) is 3. The highest BCUT2D eigenvalue weighted by Crippen LogP contribution is 2.09. The van der Waals surface area contributed by atoms with Gasteiger partial charge >= 0.3 is 0 Å². The molecular formula is C13H12N4O4S.